The van der Waals surface area contributed by atoms with Crippen LogP contribution >= 0.6 is 12.4 Å². The molecule has 0 saturated carbocycles. The Bertz CT molecular complexity index is 904. The average Bonchev–Trinajstić information content (AvgIpc) is 2.74. The minimum atomic E-state index is -0.961. The SMILES string of the molecule is Cl.NC(N)=NCCC[C@H](NC(=O)c1ccccc1)C(=O)ONc1ccc([N+](=O)[O-])cc1. The number of aliphatic imine (C=N–C) groups is 1. The van der Waals surface area contributed by atoms with E-state index in [1.165, 1.54) is 24.3 Å². The number of nitro benzene ring substituents is 1. The molecule has 0 aliphatic rings. The molecule has 0 bridgehead atoms. The maximum Gasteiger partial charge on any atom is 0.354 e. The molecule has 2 aromatic carbocycles. The molecule has 2 aromatic rings. The van der Waals surface area contributed by atoms with Crippen LogP contribution in [0.3, 0.4) is 0 Å². The molecule has 0 heterocycles. The van der Waals surface area contributed by atoms with E-state index in [2.05, 4.69) is 15.8 Å². The fourth-order valence-corrected chi connectivity index (χ4v) is 2.42. The molecule has 12 heteroatoms. The summed E-state index contributed by atoms with van der Waals surface area (Å²) < 4.78 is 0. The Morgan fingerprint density at radius 2 is 1.74 bits per heavy atom. The van der Waals surface area contributed by atoms with E-state index in [4.69, 9.17) is 16.3 Å². The van der Waals surface area contributed by atoms with Gasteiger partial charge in [0.15, 0.2) is 5.96 Å². The molecule has 0 fully saturated rings. The third-order valence-corrected chi connectivity index (χ3v) is 3.92. The molecule has 0 aliphatic heterocycles. The van der Waals surface area contributed by atoms with Gasteiger partial charge in [-0.25, -0.2) is 10.3 Å². The number of carbonyl (C=O) groups is 2. The minimum absolute atomic E-state index is 0. The molecular formula is C19H23ClN6O5. The van der Waals surface area contributed by atoms with Gasteiger partial charge in [0.2, 0.25) is 0 Å². The molecular weight excluding hydrogens is 428 g/mol. The summed E-state index contributed by atoms with van der Waals surface area (Å²) in [6.07, 6.45) is 0.653. The van der Waals surface area contributed by atoms with Crippen LogP contribution in [0.2, 0.25) is 0 Å². The van der Waals surface area contributed by atoms with Crippen molar-refractivity contribution in [3.63, 3.8) is 0 Å². The molecule has 0 unspecified atom stereocenters. The number of hydrogen-bond donors (Lipinski definition) is 4. The Kier molecular flexibility index (Phi) is 10.3. The van der Waals surface area contributed by atoms with Crippen molar-refractivity contribution < 1.29 is 19.3 Å². The number of carbonyl (C=O) groups excluding carboxylic acids is 2. The highest BCUT2D eigenvalue weighted by Gasteiger charge is 2.23. The van der Waals surface area contributed by atoms with Crippen molar-refractivity contribution in [2.45, 2.75) is 18.9 Å². The van der Waals surface area contributed by atoms with E-state index in [1.807, 2.05) is 0 Å². The van der Waals surface area contributed by atoms with Gasteiger partial charge in [-0.2, -0.15) is 0 Å². The predicted molar refractivity (Wildman–Crippen MR) is 118 cm³/mol. The zero-order valence-electron chi connectivity index (χ0n) is 16.4. The Morgan fingerprint density at radius 1 is 1.10 bits per heavy atom. The summed E-state index contributed by atoms with van der Waals surface area (Å²) in [7, 11) is 0. The summed E-state index contributed by atoms with van der Waals surface area (Å²) >= 11 is 0. The van der Waals surface area contributed by atoms with Crippen molar-refractivity contribution >= 4 is 41.6 Å². The number of anilines is 1. The summed E-state index contributed by atoms with van der Waals surface area (Å²) in [6, 6.07) is 12.8. The number of amides is 1. The summed E-state index contributed by atoms with van der Waals surface area (Å²) in [5.41, 5.74) is 13.6. The standard InChI is InChI=1S/C19H22N6O5.ClH/c20-19(21)22-12-4-7-16(23-17(26)13-5-2-1-3-6-13)18(27)30-24-14-8-10-15(11-9-14)25(28)29;/h1-3,5-6,8-11,16,24H,4,7,12H2,(H,23,26)(H4,20,21,22);1H/t16-;/m0./s1. The molecule has 2 rings (SSSR count). The predicted octanol–water partition coefficient (Wildman–Crippen LogP) is 1.74. The molecule has 0 spiro atoms. The third-order valence-electron chi connectivity index (χ3n) is 3.92. The van der Waals surface area contributed by atoms with Gasteiger partial charge in [0.1, 0.15) is 6.04 Å². The van der Waals surface area contributed by atoms with E-state index in [9.17, 15) is 19.7 Å². The van der Waals surface area contributed by atoms with Gasteiger partial charge in [0, 0.05) is 24.2 Å². The van der Waals surface area contributed by atoms with Crippen molar-refractivity contribution in [3.8, 4) is 0 Å². The molecule has 31 heavy (non-hydrogen) atoms. The fraction of sp³-hybridized carbons (Fsp3) is 0.211. The van der Waals surface area contributed by atoms with Gasteiger partial charge in [-0.05, 0) is 37.1 Å². The topological polar surface area (TPSA) is 175 Å². The Morgan fingerprint density at radius 3 is 2.32 bits per heavy atom. The maximum absolute atomic E-state index is 12.5. The highest BCUT2D eigenvalue weighted by molar-refractivity contribution is 5.96. The van der Waals surface area contributed by atoms with E-state index in [1.54, 1.807) is 30.3 Å². The summed E-state index contributed by atoms with van der Waals surface area (Å²) in [4.78, 5) is 43.9. The second-order valence-corrected chi connectivity index (χ2v) is 6.17. The van der Waals surface area contributed by atoms with Gasteiger partial charge in [-0.1, -0.05) is 18.2 Å². The number of hydrogen-bond acceptors (Lipinski definition) is 7. The van der Waals surface area contributed by atoms with Crippen LogP contribution < -0.4 is 22.3 Å². The zero-order valence-corrected chi connectivity index (χ0v) is 17.2. The summed E-state index contributed by atoms with van der Waals surface area (Å²) in [5, 5.41) is 13.3. The lowest BCUT2D eigenvalue weighted by Gasteiger charge is -2.17. The lowest BCUT2D eigenvalue weighted by Crippen LogP contribution is -2.42. The van der Waals surface area contributed by atoms with E-state index < -0.39 is 22.8 Å². The van der Waals surface area contributed by atoms with Crippen LogP contribution in [0.15, 0.2) is 59.6 Å². The van der Waals surface area contributed by atoms with Gasteiger partial charge in [-0.15, -0.1) is 12.4 Å². The van der Waals surface area contributed by atoms with Crippen LogP contribution in [-0.4, -0.2) is 35.3 Å². The van der Waals surface area contributed by atoms with Crippen LogP contribution in [0.5, 0.6) is 0 Å². The number of non-ortho nitro benzene ring substituents is 1. The van der Waals surface area contributed by atoms with Gasteiger partial charge in [0.25, 0.3) is 11.6 Å². The van der Waals surface area contributed by atoms with Gasteiger partial charge in [0.05, 0.1) is 10.6 Å². The molecule has 1 atom stereocenters. The molecule has 0 aromatic heterocycles. The number of benzene rings is 2. The smallest absolute Gasteiger partial charge is 0.354 e. The zero-order chi connectivity index (χ0) is 21.9. The summed E-state index contributed by atoms with van der Waals surface area (Å²) in [6.45, 7) is 0.281. The first-order valence-corrected chi connectivity index (χ1v) is 8.99. The lowest BCUT2D eigenvalue weighted by molar-refractivity contribution is -0.384. The normalized spacial score (nSPS) is 10.7. The molecule has 6 N–H and O–H groups in total. The molecule has 0 saturated heterocycles. The van der Waals surface area contributed by atoms with Gasteiger partial charge in [-0.3, -0.25) is 19.9 Å². The quantitative estimate of drug-likeness (QED) is 0.139. The van der Waals surface area contributed by atoms with Crippen molar-refractivity contribution in [1.29, 1.82) is 0 Å². The number of nitro groups is 1. The van der Waals surface area contributed by atoms with Crippen molar-refractivity contribution in [2.75, 3.05) is 12.0 Å². The number of nitrogens with one attached hydrogen (secondary N) is 2. The van der Waals surface area contributed by atoms with Crippen LogP contribution in [0.25, 0.3) is 0 Å². The number of nitrogens with two attached hydrogens (primary N) is 2. The minimum Gasteiger partial charge on any atom is -0.370 e. The average molecular weight is 451 g/mol. The van der Waals surface area contributed by atoms with Gasteiger partial charge < -0.3 is 21.6 Å². The highest BCUT2D eigenvalue weighted by Crippen LogP contribution is 2.15. The maximum atomic E-state index is 12.5. The number of rotatable bonds is 10. The van der Waals surface area contributed by atoms with E-state index in [-0.39, 0.29) is 37.0 Å². The van der Waals surface area contributed by atoms with Gasteiger partial charge >= 0.3 is 5.97 Å². The Labute approximate surface area is 184 Å². The monoisotopic (exact) mass is 450 g/mol. The van der Waals surface area contributed by atoms with E-state index >= 15 is 0 Å². The largest absolute Gasteiger partial charge is 0.370 e. The first-order valence-electron chi connectivity index (χ1n) is 8.99. The number of halogens is 1. The summed E-state index contributed by atoms with van der Waals surface area (Å²) in [5.74, 6) is -1.24. The molecule has 11 nitrogen and oxygen atoms in total. The molecule has 166 valence electrons. The van der Waals surface area contributed by atoms with Crippen molar-refractivity contribution in [3.05, 3.63) is 70.3 Å². The van der Waals surface area contributed by atoms with Crippen LogP contribution in [-0.2, 0) is 9.63 Å². The second-order valence-electron chi connectivity index (χ2n) is 6.17. The molecule has 0 aliphatic carbocycles. The number of guanidine groups is 1. The molecule has 0 radical (unpaired) electrons. The third kappa shape index (κ3) is 8.58. The van der Waals surface area contributed by atoms with Crippen molar-refractivity contribution in [2.24, 2.45) is 16.5 Å². The highest BCUT2D eigenvalue weighted by atomic mass is 35.5. The number of nitrogens with zero attached hydrogens (tertiary/aromatic N) is 2. The first kappa shape index (κ1) is 25.2. The van der Waals surface area contributed by atoms with Crippen LogP contribution in [0.1, 0.15) is 23.2 Å². The Balaban J connectivity index is 0.00000480. The van der Waals surface area contributed by atoms with Crippen molar-refractivity contribution in [1.82, 2.24) is 5.32 Å². The molecule has 1 amide bonds. The van der Waals surface area contributed by atoms with Crippen LogP contribution in [0, 0.1) is 10.1 Å². The lowest BCUT2D eigenvalue weighted by atomic mass is 10.1. The first-order chi connectivity index (χ1) is 14.4. The van der Waals surface area contributed by atoms with Crippen LogP contribution in [0.4, 0.5) is 11.4 Å². The van der Waals surface area contributed by atoms with E-state index in [0.29, 0.717) is 17.7 Å². The second kappa shape index (κ2) is 12.6. The fourth-order valence-electron chi connectivity index (χ4n) is 2.42. The van der Waals surface area contributed by atoms with E-state index in [0.717, 1.165) is 0 Å². The Hall–Kier alpha value is -3.86.